The van der Waals surface area contributed by atoms with E-state index in [9.17, 15) is 0 Å². The Morgan fingerprint density at radius 3 is 2.44 bits per heavy atom. The van der Waals surface area contributed by atoms with Crippen LogP contribution in [0.1, 0.15) is 46.0 Å². The third kappa shape index (κ3) is 4.16. The van der Waals surface area contributed by atoms with Crippen LogP contribution in [0, 0.1) is 11.8 Å². The van der Waals surface area contributed by atoms with Crippen LogP contribution in [-0.4, -0.2) is 31.3 Å². The number of hydrogen-bond acceptors (Lipinski definition) is 2. The zero-order valence-electron chi connectivity index (χ0n) is 11.7. The number of nitrogens with one attached hydrogen (secondary N) is 1. The van der Waals surface area contributed by atoms with Crippen LogP contribution in [0.5, 0.6) is 0 Å². The van der Waals surface area contributed by atoms with Gasteiger partial charge in [-0.25, -0.2) is 0 Å². The van der Waals surface area contributed by atoms with E-state index >= 15 is 0 Å². The molecule has 0 amide bonds. The smallest absolute Gasteiger partial charge is 0.188 e. The Hall–Kier alpha value is -0.770. The van der Waals surface area contributed by atoms with Gasteiger partial charge in [-0.3, -0.25) is 4.99 Å². The lowest BCUT2D eigenvalue weighted by Crippen LogP contribution is -2.38. The molecule has 104 valence electrons. The predicted octanol–water partition coefficient (Wildman–Crippen LogP) is 1.89. The second kappa shape index (κ2) is 6.41. The van der Waals surface area contributed by atoms with E-state index in [4.69, 9.17) is 10.5 Å². The average molecular weight is 253 g/mol. The van der Waals surface area contributed by atoms with E-state index in [2.05, 4.69) is 24.2 Å². The van der Waals surface area contributed by atoms with Crippen LogP contribution < -0.4 is 11.1 Å². The summed E-state index contributed by atoms with van der Waals surface area (Å²) in [4.78, 5) is 4.47. The Labute approximate surface area is 110 Å². The highest BCUT2D eigenvalue weighted by Gasteiger charge is 2.24. The zero-order chi connectivity index (χ0) is 13.0. The largest absolute Gasteiger partial charge is 0.376 e. The average Bonchev–Trinajstić information content (AvgIpc) is 2.23. The third-order valence-electron chi connectivity index (χ3n) is 4.11. The van der Waals surface area contributed by atoms with E-state index < -0.39 is 0 Å². The second-order valence-electron chi connectivity index (χ2n) is 6.00. The fraction of sp³-hybridized carbons (Fsp3) is 0.929. The van der Waals surface area contributed by atoms with Crippen molar-refractivity contribution < 1.29 is 4.74 Å². The van der Waals surface area contributed by atoms with E-state index in [1.165, 1.54) is 19.3 Å². The molecule has 0 aromatic heterocycles. The van der Waals surface area contributed by atoms with Crippen LogP contribution in [-0.2, 0) is 4.74 Å². The van der Waals surface area contributed by atoms with Crippen LogP contribution in [0.4, 0.5) is 0 Å². The van der Waals surface area contributed by atoms with Gasteiger partial charge in [0.05, 0.1) is 12.2 Å². The highest BCUT2D eigenvalue weighted by Crippen LogP contribution is 2.25. The van der Waals surface area contributed by atoms with Gasteiger partial charge in [-0.15, -0.1) is 0 Å². The van der Waals surface area contributed by atoms with Crippen molar-refractivity contribution in [2.45, 2.75) is 58.2 Å². The Kier molecular flexibility index (Phi) is 4.87. The van der Waals surface area contributed by atoms with Gasteiger partial charge < -0.3 is 15.8 Å². The maximum Gasteiger partial charge on any atom is 0.188 e. The standard InChI is InChI=1S/C14H27N3O/c1-10-6-13(7-11(2)18-10)9-17-14(15)16-8-12-4-3-5-12/h10-13H,3-9H2,1-2H3,(H3,15,16,17). The minimum Gasteiger partial charge on any atom is -0.376 e. The molecule has 2 fully saturated rings. The number of guanidine groups is 1. The molecule has 1 aliphatic carbocycles. The van der Waals surface area contributed by atoms with Crippen LogP contribution in [0.3, 0.4) is 0 Å². The molecule has 1 saturated carbocycles. The Morgan fingerprint density at radius 1 is 1.22 bits per heavy atom. The van der Waals surface area contributed by atoms with Gasteiger partial charge in [-0.05, 0) is 51.4 Å². The molecule has 2 rings (SSSR count). The molecule has 2 aliphatic rings. The summed E-state index contributed by atoms with van der Waals surface area (Å²) < 4.78 is 5.73. The van der Waals surface area contributed by atoms with E-state index in [0.717, 1.165) is 31.8 Å². The SMILES string of the molecule is CC1CC(CN=C(N)NCC2CCC2)CC(C)O1. The van der Waals surface area contributed by atoms with Gasteiger partial charge >= 0.3 is 0 Å². The number of ether oxygens (including phenoxy) is 1. The summed E-state index contributed by atoms with van der Waals surface area (Å²) in [6.45, 7) is 6.12. The van der Waals surface area contributed by atoms with Gasteiger partial charge in [0.25, 0.3) is 0 Å². The van der Waals surface area contributed by atoms with Crippen molar-refractivity contribution >= 4 is 5.96 Å². The normalized spacial score (nSPS) is 34.1. The molecular formula is C14H27N3O. The van der Waals surface area contributed by atoms with Crippen molar-refractivity contribution in [3.8, 4) is 0 Å². The molecule has 2 unspecified atom stereocenters. The van der Waals surface area contributed by atoms with Crippen molar-refractivity contribution in [2.24, 2.45) is 22.6 Å². The maximum atomic E-state index is 5.89. The minimum atomic E-state index is 0.359. The van der Waals surface area contributed by atoms with Crippen molar-refractivity contribution in [1.29, 1.82) is 0 Å². The molecule has 2 atom stereocenters. The molecule has 0 bridgehead atoms. The molecule has 1 aliphatic heterocycles. The van der Waals surface area contributed by atoms with E-state index in [-0.39, 0.29) is 0 Å². The summed E-state index contributed by atoms with van der Waals surface area (Å²) in [5.41, 5.74) is 5.89. The first kappa shape index (κ1) is 13.7. The van der Waals surface area contributed by atoms with Crippen molar-refractivity contribution in [3.05, 3.63) is 0 Å². The zero-order valence-corrected chi connectivity index (χ0v) is 11.7. The Morgan fingerprint density at radius 2 is 1.89 bits per heavy atom. The summed E-state index contributed by atoms with van der Waals surface area (Å²) >= 11 is 0. The lowest BCUT2D eigenvalue weighted by atomic mass is 9.85. The molecule has 4 nitrogen and oxygen atoms in total. The predicted molar refractivity (Wildman–Crippen MR) is 74.6 cm³/mol. The number of hydrogen-bond donors (Lipinski definition) is 2. The van der Waals surface area contributed by atoms with Gasteiger partial charge in [0, 0.05) is 13.1 Å². The molecule has 1 heterocycles. The van der Waals surface area contributed by atoms with E-state index in [1.807, 2.05) is 0 Å². The van der Waals surface area contributed by atoms with Gasteiger partial charge in [0.2, 0.25) is 0 Å². The van der Waals surface area contributed by atoms with Crippen molar-refractivity contribution in [2.75, 3.05) is 13.1 Å². The molecule has 0 spiro atoms. The summed E-state index contributed by atoms with van der Waals surface area (Å²) in [7, 11) is 0. The molecule has 3 N–H and O–H groups in total. The fourth-order valence-corrected chi connectivity index (χ4v) is 2.92. The first-order chi connectivity index (χ1) is 8.63. The van der Waals surface area contributed by atoms with Gasteiger partial charge in [0.15, 0.2) is 5.96 Å². The highest BCUT2D eigenvalue weighted by atomic mass is 16.5. The first-order valence-corrected chi connectivity index (χ1v) is 7.32. The molecule has 18 heavy (non-hydrogen) atoms. The van der Waals surface area contributed by atoms with Crippen molar-refractivity contribution in [3.63, 3.8) is 0 Å². The first-order valence-electron chi connectivity index (χ1n) is 7.32. The van der Waals surface area contributed by atoms with Crippen LogP contribution in [0.15, 0.2) is 4.99 Å². The lowest BCUT2D eigenvalue weighted by Gasteiger charge is -2.31. The molecular weight excluding hydrogens is 226 g/mol. The van der Waals surface area contributed by atoms with Crippen LogP contribution in [0.25, 0.3) is 0 Å². The summed E-state index contributed by atoms with van der Waals surface area (Å²) in [6.07, 6.45) is 6.98. The topological polar surface area (TPSA) is 59.6 Å². The maximum absolute atomic E-state index is 5.89. The molecule has 0 aromatic carbocycles. The van der Waals surface area contributed by atoms with Crippen LogP contribution >= 0.6 is 0 Å². The highest BCUT2D eigenvalue weighted by molar-refractivity contribution is 5.77. The second-order valence-corrected chi connectivity index (χ2v) is 6.00. The van der Waals surface area contributed by atoms with Gasteiger partial charge in [0.1, 0.15) is 0 Å². The van der Waals surface area contributed by atoms with E-state index in [1.54, 1.807) is 0 Å². The fourth-order valence-electron chi connectivity index (χ4n) is 2.92. The van der Waals surface area contributed by atoms with Crippen LogP contribution in [0.2, 0.25) is 0 Å². The summed E-state index contributed by atoms with van der Waals surface area (Å²) in [5.74, 6) is 2.06. The number of nitrogens with zero attached hydrogens (tertiary/aromatic N) is 1. The van der Waals surface area contributed by atoms with Crippen molar-refractivity contribution in [1.82, 2.24) is 5.32 Å². The quantitative estimate of drug-likeness (QED) is 0.594. The van der Waals surface area contributed by atoms with E-state index in [0.29, 0.717) is 24.1 Å². The van der Waals surface area contributed by atoms with Gasteiger partial charge in [-0.1, -0.05) is 6.42 Å². The molecule has 0 aromatic rings. The Balaban J connectivity index is 1.67. The Bertz CT molecular complexity index is 279. The number of nitrogens with two attached hydrogens (primary N) is 1. The summed E-state index contributed by atoms with van der Waals surface area (Å²) in [5, 5.41) is 3.24. The minimum absolute atomic E-state index is 0.359. The number of aliphatic imine (C=N–C) groups is 1. The summed E-state index contributed by atoms with van der Waals surface area (Å²) in [6, 6.07) is 0. The molecule has 4 heteroatoms. The molecule has 0 radical (unpaired) electrons. The van der Waals surface area contributed by atoms with Gasteiger partial charge in [-0.2, -0.15) is 0 Å². The third-order valence-corrected chi connectivity index (χ3v) is 4.11. The number of rotatable bonds is 4. The lowest BCUT2D eigenvalue weighted by molar-refractivity contribution is -0.0501. The monoisotopic (exact) mass is 253 g/mol. The molecule has 1 saturated heterocycles.